The first-order chi connectivity index (χ1) is 12.0. The van der Waals surface area contributed by atoms with Gasteiger partial charge in [0, 0.05) is 4.47 Å². The number of thiocarbonyl (C=S) groups is 1. The molecule has 0 spiro atoms. The molecule has 0 saturated heterocycles. The Bertz CT molecular complexity index is 761. The zero-order valence-electron chi connectivity index (χ0n) is 13.9. The maximum atomic E-state index is 14.0. The molecule has 0 unspecified atom stereocenters. The summed E-state index contributed by atoms with van der Waals surface area (Å²) in [5.41, 5.74) is 1.32. The average Bonchev–Trinajstić information content (AvgIpc) is 3.07. The molecule has 3 nitrogen and oxygen atoms in total. The Morgan fingerprint density at radius 3 is 2.44 bits per heavy atom. The van der Waals surface area contributed by atoms with Crippen molar-refractivity contribution in [2.24, 2.45) is 0 Å². The number of ether oxygens (including phenoxy) is 1. The van der Waals surface area contributed by atoms with Crippen molar-refractivity contribution in [3.8, 4) is 5.75 Å². The minimum absolute atomic E-state index is 0.220. The lowest BCUT2D eigenvalue weighted by molar-refractivity contribution is 0.401. The molecule has 0 heterocycles. The van der Waals surface area contributed by atoms with Gasteiger partial charge in [0.1, 0.15) is 11.6 Å². The number of benzene rings is 2. The third kappa shape index (κ3) is 4.12. The molecule has 2 aromatic rings. The highest BCUT2D eigenvalue weighted by molar-refractivity contribution is 9.10. The number of hydrogen-bond acceptors (Lipinski definition) is 2. The van der Waals surface area contributed by atoms with Gasteiger partial charge in [0.15, 0.2) is 5.11 Å². The van der Waals surface area contributed by atoms with Gasteiger partial charge in [0.2, 0.25) is 0 Å². The summed E-state index contributed by atoms with van der Waals surface area (Å²) in [5.74, 6) is 0.484. The molecule has 1 aliphatic rings. The summed E-state index contributed by atoms with van der Waals surface area (Å²) in [6.07, 6.45) is 4.25. The summed E-state index contributed by atoms with van der Waals surface area (Å²) in [5, 5.41) is 6.85. The predicted octanol–water partition coefficient (Wildman–Crippen LogP) is 5.35. The van der Waals surface area contributed by atoms with E-state index in [0.717, 1.165) is 31.4 Å². The molecule has 0 aromatic heterocycles. The monoisotopic (exact) mass is 422 g/mol. The molecule has 3 rings (SSSR count). The van der Waals surface area contributed by atoms with Crippen LogP contribution in [0.25, 0.3) is 0 Å². The Kier molecular flexibility index (Phi) is 5.59. The summed E-state index contributed by atoms with van der Waals surface area (Å²) in [4.78, 5) is 0. The van der Waals surface area contributed by atoms with Crippen LogP contribution < -0.4 is 15.4 Å². The third-order valence-corrected chi connectivity index (χ3v) is 5.33. The lowest BCUT2D eigenvalue weighted by atomic mass is 9.88. The molecule has 25 heavy (non-hydrogen) atoms. The molecule has 2 N–H and O–H groups in total. The number of methoxy groups -OCH3 is 1. The van der Waals surface area contributed by atoms with Gasteiger partial charge in [-0.25, -0.2) is 4.39 Å². The third-order valence-electron chi connectivity index (χ3n) is 4.63. The van der Waals surface area contributed by atoms with Gasteiger partial charge in [0.25, 0.3) is 0 Å². The number of nitrogens with one attached hydrogen (secondary N) is 2. The van der Waals surface area contributed by atoms with Crippen molar-refractivity contribution in [2.45, 2.75) is 31.2 Å². The van der Waals surface area contributed by atoms with Crippen LogP contribution in [0.2, 0.25) is 0 Å². The van der Waals surface area contributed by atoms with Crippen LogP contribution in [0.5, 0.6) is 5.75 Å². The van der Waals surface area contributed by atoms with Gasteiger partial charge in [-0.15, -0.1) is 0 Å². The Hall–Kier alpha value is -1.66. The topological polar surface area (TPSA) is 33.3 Å². The second-order valence-electron chi connectivity index (χ2n) is 6.22. The van der Waals surface area contributed by atoms with Crippen LogP contribution in [0.15, 0.2) is 46.9 Å². The van der Waals surface area contributed by atoms with E-state index >= 15 is 0 Å². The van der Waals surface area contributed by atoms with Crippen molar-refractivity contribution < 1.29 is 9.13 Å². The van der Waals surface area contributed by atoms with Crippen molar-refractivity contribution in [3.05, 3.63) is 58.3 Å². The van der Waals surface area contributed by atoms with E-state index < -0.39 is 0 Å². The summed E-state index contributed by atoms with van der Waals surface area (Å²) >= 11 is 8.72. The number of rotatable bonds is 4. The van der Waals surface area contributed by atoms with E-state index in [9.17, 15) is 4.39 Å². The minimum Gasteiger partial charge on any atom is -0.497 e. The summed E-state index contributed by atoms with van der Waals surface area (Å²) in [7, 11) is 1.66. The highest BCUT2D eigenvalue weighted by Gasteiger charge is 2.36. The van der Waals surface area contributed by atoms with Crippen molar-refractivity contribution in [1.82, 2.24) is 5.32 Å². The van der Waals surface area contributed by atoms with Crippen LogP contribution in [0.1, 0.15) is 31.2 Å². The minimum atomic E-state index is -0.344. The number of hydrogen-bond donors (Lipinski definition) is 2. The van der Waals surface area contributed by atoms with Crippen LogP contribution in [0, 0.1) is 5.82 Å². The molecular formula is C19H20BrFN2OS. The molecule has 0 aliphatic heterocycles. The zero-order chi connectivity index (χ0) is 17.9. The summed E-state index contributed by atoms with van der Waals surface area (Å²) < 4.78 is 20.0. The van der Waals surface area contributed by atoms with Gasteiger partial charge in [0.05, 0.1) is 18.3 Å². The highest BCUT2D eigenvalue weighted by Crippen LogP contribution is 2.39. The quantitative estimate of drug-likeness (QED) is 0.650. The Balaban J connectivity index is 1.77. The standard InChI is InChI=1S/C19H20BrFN2OS/c1-24-15-7-4-13(5-8-15)19(10-2-3-11-19)23-18(25)22-17-9-6-14(20)12-16(17)21/h4-9,12H,2-3,10-11H2,1H3,(H2,22,23,25). The first kappa shape index (κ1) is 18.1. The van der Waals surface area contributed by atoms with Crippen LogP contribution in [0.4, 0.5) is 10.1 Å². The van der Waals surface area contributed by atoms with Crippen molar-refractivity contribution in [2.75, 3.05) is 12.4 Å². The first-order valence-electron chi connectivity index (χ1n) is 8.21. The summed E-state index contributed by atoms with van der Waals surface area (Å²) in [6.45, 7) is 0. The maximum absolute atomic E-state index is 14.0. The van der Waals surface area contributed by atoms with Crippen LogP contribution in [-0.2, 0) is 5.54 Å². The van der Waals surface area contributed by atoms with Crippen molar-refractivity contribution >= 4 is 38.9 Å². The van der Waals surface area contributed by atoms with Crippen molar-refractivity contribution in [1.29, 1.82) is 0 Å². The molecule has 1 fully saturated rings. The number of halogens is 2. The SMILES string of the molecule is COc1ccc(C2(NC(=S)Nc3ccc(Br)cc3F)CCCC2)cc1. The average molecular weight is 423 g/mol. The molecular weight excluding hydrogens is 403 g/mol. The van der Waals surface area contributed by atoms with Gasteiger partial charge in [-0.1, -0.05) is 40.9 Å². The molecule has 0 atom stereocenters. The fraction of sp³-hybridized carbons (Fsp3) is 0.316. The largest absolute Gasteiger partial charge is 0.497 e. The lowest BCUT2D eigenvalue weighted by Crippen LogP contribution is -2.45. The van der Waals surface area contributed by atoms with Gasteiger partial charge in [-0.05, 0) is 61.0 Å². The molecule has 0 radical (unpaired) electrons. The van der Waals surface area contributed by atoms with Gasteiger partial charge >= 0.3 is 0 Å². The van der Waals surface area contributed by atoms with Gasteiger partial charge < -0.3 is 15.4 Å². The molecule has 6 heteroatoms. The molecule has 0 bridgehead atoms. The van der Waals surface area contributed by atoms with Crippen LogP contribution in [0.3, 0.4) is 0 Å². The van der Waals surface area contributed by atoms with Gasteiger partial charge in [-0.2, -0.15) is 0 Å². The predicted molar refractivity (Wildman–Crippen MR) is 107 cm³/mol. The van der Waals surface area contributed by atoms with E-state index in [1.54, 1.807) is 19.2 Å². The molecule has 0 amide bonds. The molecule has 132 valence electrons. The fourth-order valence-corrected chi connectivity index (χ4v) is 3.97. The molecule has 2 aromatic carbocycles. The highest BCUT2D eigenvalue weighted by atomic mass is 79.9. The van der Waals surface area contributed by atoms with Crippen LogP contribution >= 0.6 is 28.1 Å². The lowest BCUT2D eigenvalue weighted by Gasteiger charge is -2.32. The Labute approximate surface area is 161 Å². The van der Waals surface area contributed by atoms with Crippen LogP contribution in [-0.4, -0.2) is 12.2 Å². The first-order valence-corrected chi connectivity index (χ1v) is 9.41. The van der Waals surface area contributed by atoms with E-state index in [1.165, 1.54) is 11.6 Å². The Morgan fingerprint density at radius 2 is 1.84 bits per heavy atom. The smallest absolute Gasteiger partial charge is 0.171 e. The fourth-order valence-electron chi connectivity index (χ4n) is 3.34. The Morgan fingerprint density at radius 1 is 1.16 bits per heavy atom. The summed E-state index contributed by atoms with van der Waals surface area (Å²) in [6, 6.07) is 12.9. The second-order valence-corrected chi connectivity index (χ2v) is 7.54. The van der Waals surface area contributed by atoms with Gasteiger partial charge in [-0.3, -0.25) is 0 Å². The zero-order valence-corrected chi connectivity index (χ0v) is 16.3. The van der Waals surface area contributed by atoms with E-state index in [0.29, 0.717) is 15.3 Å². The maximum Gasteiger partial charge on any atom is 0.171 e. The van der Waals surface area contributed by atoms with E-state index in [-0.39, 0.29) is 11.4 Å². The molecule has 1 saturated carbocycles. The van der Waals surface area contributed by atoms with E-state index in [1.807, 2.05) is 12.1 Å². The van der Waals surface area contributed by atoms with E-state index in [2.05, 4.69) is 38.7 Å². The number of anilines is 1. The normalized spacial score (nSPS) is 15.6. The van der Waals surface area contributed by atoms with E-state index in [4.69, 9.17) is 17.0 Å². The molecule has 1 aliphatic carbocycles. The second kappa shape index (κ2) is 7.70. The van der Waals surface area contributed by atoms with Crippen molar-refractivity contribution in [3.63, 3.8) is 0 Å².